The summed E-state index contributed by atoms with van der Waals surface area (Å²) in [6.07, 6.45) is 0.281. The highest BCUT2D eigenvalue weighted by Gasteiger charge is 2.43. The number of methoxy groups -OCH3 is 1. The maximum Gasteiger partial charge on any atom is 0.252 e. The predicted molar refractivity (Wildman–Crippen MR) is 136 cm³/mol. The molecule has 6 nitrogen and oxygen atoms in total. The zero-order chi connectivity index (χ0) is 24.8. The van der Waals surface area contributed by atoms with Crippen molar-refractivity contribution in [3.63, 3.8) is 0 Å². The van der Waals surface area contributed by atoms with E-state index in [1.54, 1.807) is 54.5 Å². The topological polar surface area (TPSA) is 61.9 Å². The fraction of sp³-hybridized carbons (Fsp3) is 0.222. The third-order valence-electron chi connectivity index (χ3n) is 5.92. The van der Waals surface area contributed by atoms with Gasteiger partial charge in [-0.3, -0.25) is 14.5 Å². The summed E-state index contributed by atoms with van der Waals surface area (Å²) in [5, 5.41) is 3.17. The molecule has 1 N–H and O–H groups in total. The number of hydrogen-bond donors (Lipinski definition) is 1. The van der Waals surface area contributed by atoms with E-state index < -0.39 is 6.04 Å². The lowest BCUT2D eigenvalue weighted by Crippen LogP contribution is -2.39. The Morgan fingerprint density at radius 1 is 1.03 bits per heavy atom. The lowest BCUT2D eigenvalue weighted by molar-refractivity contribution is -0.131. The van der Waals surface area contributed by atoms with Crippen molar-refractivity contribution in [2.45, 2.75) is 25.4 Å². The molecule has 0 saturated carbocycles. The lowest BCUT2D eigenvalue weighted by atomic mass is 10.1. The molecule has 1 aliphatic heterocycles. The van der Waals surface area contributed by atoms with Gasteiger partial charge in [0.15, 0.2) is 5.11 Å². The third-order valence-corrected chi connectivity index (χ3v) is 6.37. The summed E-state index contributed by atoms with van der Waals surface area (Å²) in [6.45, 7) is 0.628. The van der Waals surface area contributed by atoms with Gasteiger partial charge in [-0.15, -0.1) is 0 Å². The van der Waals surface area contributed by atoms with Crippen LogP contribution in [0.5, 0.6) is 5.75 Å². The molecule has 35 heavy (non-hydrogen) atoms. The van der Waals surface area contributed by atoms with Crippen LogP contribution in [0.4, 0.5) is 10.1 Å². The summed E-state index contributed by atoms with van der Waals surface area (Å²) in [7, 11) is 1.57. The summed E-state index contributed by atoms with van der Waals surface area (Å²) in [5.41, 5.74) is 2.06. The highest BCUT2D eigenvalue weighted by atomic mass is 32.1. The van der Waals surface area contributed by atoms with E-state index in [9.17, 15) is 14.0 Å². The van der Waals surface area contributed by atoms with Crippen molar-refractivity contribution >= 4 is 34.8 Å². The average molecular weight is 492 g/mol. The Hall–Kier alpha value is -3.78. The molecule has 1 saturated heterocycles. The molecule has 8 heteroatoms. The van der Waals surface area contributed by atoms with Crippen LogP contribution in [0.1, 0.15) is 17.5 Å². The first-order valence-corrected chi connectivity index (χ1v) is 11.7. The maximum absolute atomic E-state index is 14.2. The van der Waals surface area contributed by atoms with E-state index in [-0.39, 0.29) is 24.1 Å². The second kappa shape index (κ2) is 11.1. The highest BCUT2D eigenvalue weighted by molar-refractivity contribution is 7.80. The molecule has 1 unspecified atom stereocenters. The largest absolute Gasteiger partial charge is 0.497 e. The van der Waals surface area contributed by atoms with Gasteiger partial charge >= 0.3 is 0 Å². The molecule has 0 radical (unpaired) electrons. The summed E-state index contributed by atoms with van der Waals surface area (Å²) in [5.74, 6) is -0.180. The molecular formula is C27H26FN3O3S. The first-order valence-electron chi connectivity index (χ1n) is 11.3. The van der Waals surface area contributed by atoms with Gasteiger partial charge < -0.3 is 15.0 Å². The van der Waals surface area contributed by atoms with Crippen molar-refractivity contribution in [1.29, 1.82) is 0 Å². The fourth-order valence-electron chi connectivity index (χ4n) is 4.06. The molecule has 1 atom stereocenters. The Balaban J connectivity index is 1.51. The van der Waals surface area contributed by atoms with Crippen LogP contribution in [-0.2, 0) is 22.6 Å². The Morgan fingerprint density at radius 2 is 1.71 bits per heavy atom. The smallest absolute Gasteiger partial charge is 0.252 e. The normalized spacial score (nSPS) is 15.4. The van der Waals surface area contributed by atoms with Crippen molar-refractivity contribution < 1.29 is 18.7 Å². The van der Waals surface area contributed by atoms with Gasteiger partial charge in [-0.2, -0.15) is 0 Å². The highest BCUT2D eigenvalue weighted by Crippen LogP contribution is 2.25. The summed E-state index contributed by atoms with van der Waals surface area (Å²) >= 11 is 5.67. The molecule has 180 valence electrons. The van der Waals surface area contributed by atoms with E-state index in [1.807, 2.05) is 30.3 Å². The number of nitrogens with zero attached hydrogens (tertiary/aromatic N) is 2. The van der Waals surface area contributed by atoms with Crippen molar-refractivity contribution in [3.8, 4) is 5.75 Å². The third kappa shape index (κ3) is 5.84. The summed E-state index contributed by atoms with van der Waals surface area (Å²) < 4.78 is 19.3. The van der Waals surface area contributed by atoms with Crippen molar-refractivity contribution in [2.24, 2.45) is 0 Å². The van der Waals surface area contributed by atoms with Gasteiger partial charge in [0.1, 0.15) is 17.6 Å². The predicted octanol–water partition coefficient (Wildman–Crippen LogP) is 4.40. The zero-order valence-electron chi connectivity index (χ0n) is 19.3. The van der Waals surface area contributed by atoms with Crippen LogP contribution in [0.3, 0.4) is 0 Å². The molecular weight excluding hydrogens is 465 g/mol. The number of hydrogen-bond acceptors (Lipinski definition) is 4. The number of rotatable bonds is 9. The standard InChI is InChI=1S/C27H26FN3O3S/c1-34-22-13-11-21(12-14-22)29-25(32)17-24-26(33)31(18-19-7-3-2-4-8-19)27(35)30(24)16-15-20-9-5-6-10-23(20)28/h2-14,24H,15-18H2,1H3,(H,29,32). The second-order valence-corrected chi connectivity index (χ2v) is 8.59. The number of amides is 2. The number of ether oxygens (including phenoxy) is 1. The monoisotopic (exact) mass is 491 g/mol. The minimum absolute atomic E-state index is 0.0758. The number of halogens is 1. The van der Waals surface area contributed by atoms with Gasteiger partial charge in [-0.1, -0.05) is 48.5 Å². The molecule has 0 aliphatic carbocycles. The van der Waals surface area contributed by atoms with Crippen molar-refractivity contribution in [3.05, 3.63) is 95.8 Å². The SMILES string of the molecule is COc1ccc(NC(=O)CC2C(=O)N(Cc3ccccc3)C(=S)N2CCc2ccccc2F)cc1. The number of nitrogens with one attached hydrogen (secondary N) is 1. The van der Waals surface area contributed by atoms with Gasteiger partial charge in [0.25, 0.3) is 5.91 Å². The number of benzene rings is 3. The van der Waals surface area contributed by atoms with Crippen LogP contribution in [0.15, 0.2) is 78.9 Å². The molecule has 0 spiro atoms. The van der Waals surface area contributed by atoms with Gasteiger partial charge in [0.05, 0.1) is 20.1 Å². The number of anilines is 1. The number of carbonyl (C=O) groups is 2. The van der Waals surface area contributed by atoms with Gasteiger partial charge in [-0.25, -0.2) is 4.39 Å². The van der Waals surface area contributed by atoms with Gasteiger partial charge in [0, 0.05) is 12.2 Å². The Morgan fingerprint density at radius 3 is 2.40 bits per heavy atom. The lowest BCUT2D eigenvalue weighted by Gasteiger charge is -2.24. The Labute approximate surface area is 209 Å². The van der Waals surface area contributed by atoms with Crippen LogP contribution in [0, 0.1) is 5.82 Å². The molecule has 0 bridgehead atoms. The number of carbonyl (C=O) groups excluding carboxylic acids is 2. The Kier molecular flexibility index (Phi) is 7.72. The summed E-state index contributed by atoms with van der Waals surface area (Å²) in [6, 6.07) is 22.2. The molecule has 3 aromatic rings. The van der Waals surface area contributed by atoms with Crippen LogP contribution >= 0.6 is 12.2 Å². The average Bonchev–Trinajstić information content (AvgIpc) is 3.08. The van der Waals surface area contributed by atoms with E-state index in [4.69, 9.17) is 17.0 Å². The molecule has 3 aromatic carbocycles. The first-order chi connectivity index (χ1) is 17.0. The van der Waals surface area contributed by atoms with E-state index in [1.165, 1.54) is 11.0 Å². The van der Waals surface area contributed by atoms with Gasteiger partial charge in [0.2, 0.25) is 5.91 Å². The first kappa shape index (κ1) is 24.3. The minimum atomic E-state index is -0.767. The molecule has 1 heterocycles. The second-order valence-electron chi connectivity index (χ2n) is 8.22. The van der Waals surface area contributed by atoms with Crippen LogP contribution < -0.4 is 10.1 Å². The molecule has 1 aliphatic rings. The van der Waals surface area contributed by atoms with E-state index in [2.05, 4.69) is 5.32 Å². The molecule has 1 fully saturated rings. The van der Waals surface area contributed by atoms with Crippen molar-refractivity contribution in [2.75, 3.05) is 19.0 Å². The summed E-state index contributed by atoms with van der Waals surface area (Å²) in [4.78, 5) is 29.5. The van der Waals surface area contributed by atoms with Gasteiger partial charge in [-0.05, 0) is 60.1 Å². The number of thiocarbonyl (C=S) groups is 1. The quantitative estimate of drug-likeness (QED) is 0.450. The molecule has 0 aromatic heterocycles. The van der Waals surface area contributed by atoms with Crippen molar-refractivity contribution in [1.82, 2.24) is 9.80 Å². The molecule has 2 amide bonds. The maximum atomic E-state index is 14.2. The Bertz CT molecular complexity index is 1200. The fourth-order valence-corrected chi connectivity index (χ4v) is 4.43. The van der Waals surface area contributed by atoms with Crippen LogP contribution in [0.2, 0.25) is 0 Å². The van der Waals surface area contributed by atoms with E-state index in [0.29, 0.717) is 41.6 Å². The van der Waals surface area contributed by atoms with Crippen LogP contribution in [0.25, 0.3) is 0 Å². The molecule has 4 rings (SSSR count). The van der Waals surface area contributed by atoms with Crippen LogP contribution in [-0.4, -0.2) is 46.4 Å². The van der Waals surface area contributed by atoms with E-state index in [0.717, 1.165) is 5.56 Å². The van der Waals surface area contributed by atoms with E-state index >= 15 is 0 Å². The zero-order valence-corrected chi connectivity index (χ0v) is 20.1. The minimum Gasteiger partial charge on any atom is -0.497 e.